The molecule has 0 bridgehead atoms. The molecular weight excluding hydrogens is 264 g/mol. The van der Waals surface area contributed by atoms with E-state index in [1.54, 1.807) is 12.4 Å². The maximum Gasteiger partial charge on any atom is 0.254 e. The van der Waals surface area contributed by atoms with Crippen LogP contribution in [0.3, 0.4) is 0 Å². The lowest BCUT2D eigenvalue weighted by molar-refractivity contribution is 0.239. The van der Waals surface area contributed by atoms with E-state index in [0.717, 1.165) is 48.8 Å². The van der Waals surface area contributed by atoms with Crippen molar-refractivity contribution in [3.63, 3.8) is 0 Å². The van der Waals surface area contributed by atoms with Gasteiger partial charge in [-0.2, -0.15) is 0 Å². The number of aromatic amines is 1. The summed E-state index contributed by atoms with van der Waals surface area (Å²) in [6.07, 6.45) is 6.96. The Labute approximate surface area is 123 Å². The molecule has 21 heavy (non-hydrogen) atoms. The zero-order valence-corrected chi connectivity index (χ0v) is 11.9. The molecule has 5 heteroatoms. The summed E-state index contributed by atoms with van der Waals surface area (Å²) in [6, 6.07) is 3.77. The van der Waals surface area contributed by atoms with Gasteiger partial charge in [-0.25, -0.2) is 4.98 Å². The maximum atomic E-state index is 12.3. The van der Waals surface area contributed by atoms with Crippen molar-refractivity contribution in [3.8, 4) is 11.4 Å². The van der Waals surface area contributed by atoms with Crippen molar-refractivity contribution in [1.29, 1.82) is 0 Å². The number of hydrogen-bond acceptors (Lipinski definition) is 4. The molecule has 2 aromatic rings. The van der Waals surface area contributed by atoms with Gasteiger partial charge in [-0.3, -0.25) is 14.7 Å². The Bertz CT molecular complexity index is 706. The molecule has 0 aromatic carbocycles. The molecule has 0 spiro atoms. The van der Waals surface area contributed by atoms with Gasteiger partial charge in [0.05, 0.1) is 5.69 Å². The quantitative estimate of drug-likeness (QED) is 0.929. The predicted molar refractivity (Wildman–Crippen MR) is 79.8 cm³/mol. The van der Waals surface area contributed by atoms with Gasteiger partial charge in [-0.15, -0.1) is 0 Å². The van der Waals surface area contributed by atoms with E-state index in [4.69, 9.17) is 0 Å². The van der Waals surface area contributed by atoms with Gasteiger partial charge in [-0.1, -0.05) is 0 Å². The molecule has 1 saturated carbocycles. The zero-order valence-electron chi connectivity index (χ0n) is 11.9. The van der Waals surface area contributed by atoms with Gasteiger partial charge >= 0.3 is 0 Å². The second-order valence-electron chi connectivity index (χ2n) is 6.01. The molecule has 5 nitrogen and oxygen atoms in total. The third kappa shape index (κ3) is 2.61. The summed E-state index contributed by atoms with van der Waals surface area (Å²) in [7, 11) is 0. The highest BCUT2D eigenvalue weighted by Crippen LogP contribution is 2.31. The molecule has 1 N–H and O–H groups in total. The van der Waals surface area contributed by atoms with E-state index in [0.29, 0.717) is 5.82 Å². The van der Waals surface area contributed by atoms with Crippen molar-refractivity contribution in [2.75, 3.05) is 13.1 Å². The molecule has 0 saturated heterocycles. The predicted octanol–water partition coefficient (Wildman–Crippen LogP) is 1.60. The van der Waals surface area contributed by atoms with E-state index in [1.165, 1.54) is 12.8 Å². The molecule has 0 radical (unpaired) electrons. The number of fused-ring (bicyclic) bond motifs is 1. The highest BCUT2D eigenvalue weighted by Gasteiger charge is 2.27. The van der Waals surface area contributed by atoms with Crippen molar-refractivity contribution in [1.82, 2.24) is 19.9 Å². The van der Waals surface area contributed by atoms with E-state index in [9.17, 15) is 4.79 Å². The minimum atomic E-state index is 0.00456. The van der Waals surface area contributed by atoms with E-state index in [2.05, 4.69) is 19.9 Å². The van der Waals surface area contributed by atoms with E-state index >= 15 is 0 Å². The minimum Gasteiger partial charge on any atom is -0.306 e. The average Bonchev–Trinajstić information content (AvgIpc) is 3.32. The molecule has 0 amide bonds. The number of nitrogens with zero attached hydrogens (tertiary/aromatic N) is 3. The zero-order chi connectivity index (χ0) is 14.2. The molecule has 2 aromatic heterocycles. The van der Waals surface area contributed by atoms with Gasteiger partial charge in [0.15, 0.2) is 0 Å². The fraction of sp³-hybridized carbons (Fsp3) is 0.438. The smallest absolute Gasteiger partial charge is 0.254 e. The van der Waals surface area contributed by atoms with Crippen LogP contribution in [0.5, 0.6) is 0 Å². The largest absolute Gasteiger partial charge is 0.306 e. The van der Waals surface area contributed by atoms with Crippen LogP contribution in [-0.4, -0.2) is 32.9 Å². The van der Waals surface area contributed by atoms with Crippen LogP contribution in [0.2, 0.25) is 0 Å². The molecule has 1 aliphatic carbocycles. The van der Waals surface area contributed by atoms with Crippen molar-refractivity contribution in [2.45, 2.75) is 25.8 Å². The summed E-state index contributed by atoms with van der Waals surface area (Å²) in [4.78, 5) is 26.4. The molecular formula is C16H18N4O. The van der Waals surface area contributed by atoms with E-state index < -0.39 is 0 Å². The molecule has 3 heterocycles. The first-order chi connectivity index (χ1) is 10.3. The van der Waals surface area contributed by atoms with Gasteiger partial charge in [0.1, 0.15) is 5.82 Å². The first-order valence-electron chi connectivity index (χ1n) is 7.54. The highest BCUT2D eigenvalue weighted by molar-refractivity contribution is 5.53. The lowest BCUT2D eigenvalue weighted by Crippen LogP contribution is -2.36. The Morgan fingerprint density at radius 1 is 1.38 bits per heavy atom. The Hall–Kier alpha value is -2.01. The topological polar surface area (TPSA) is 61.9 Å². The second kappa shape index (κ2) is 5.07. The minimum absolute atomic E-state index is 0.00456. The van der Waals surface area contributed by atoms with E-state index in [1.807, 2.05) is 12.1 Å². The third-order valence-electron chi connectivity index (χ3n) is 4.30. The molecule has 0 atom stereocenters. The van der Waals surface area contributed by atoms with Crippen LogP contribution in [0, 0.1) is 5.92 Å². The van der Waals surface area contributed by atoms with Gasteiger partial charge in [0.2, 0.25) is 0 Å². The van der Waals surface area contributed by atoms with Gasteiger partial charge in [0, 0.05) is 43.2 Å². The first kappa shape index (κ1) is 12.7. The SMILES string of the molecule is O=c1[nH]c(-c2cccnc2)nc2c1CCN(CC1CC1)C2. The molecule has 1 aliphatic heterocycles. The summed E-state index contributed by atoms with van der Waals surface area (Å²) in [6.45, 7) is 2.92. The van der Waals surface area contributed by atoms with Gasteiger partial charge in [0.25, 0.3) is 5.56 Å². The van der Waals surface area contributed by atoms with Crippen molar-refractivity contribution >= 4 is 0 Å². The monoisotopic (exact) mass is 282 g/mol. The summed E-state index contributed by atoms with van der Waals surface area (Å²) in [5.74, 6) is 1.49. The summed E-state index contributed by atoms with van der Waals surface area (Å²) >= 11 is 0. The third-order valence-corrected chi connectivity index (χ3v) is 4.30. The number of pyridine rings is 1. The van der Waals surface area contributed by atoms with Crippen LogP contribution in [0.4, 0.5) is 0 Å². The number of H-pyrrole nitrogens is 1. The fourth-order valence-electron chi connectivity index (χ4n) is 2.95. The molecule has 1 fully saturated rings. The molecule has 2 aliphatic rings. The summed E-state index contributed by atoms with van der Waals surface area (Å²) in [5, 5.41) is 0. The normalized spacial score (nSPS) is 18.5. The lowest BCUT2D eigenvalue weighted by Gasteiger charge is -2.27. The van der Waals surface area contributed by atoms with Crippen LogP contribution in [0.25, 0.3) is 11.4 Å². The summed E-state index contributed by atoms with van der Waals surface area (Å²) < 4.78 is 0. The maximum absolute atomic E-state index is 12.3. The van der Waals surface area contributed by atoms with Crippen LogP contribution in [0.1, 0.15) is 24.1 Å². The molecule has 0 unspecified atom stereocenters. The highest BCUT2D eigenvalue weighted by atomic mass is 16.1. The second-order valence-corrected chi connectivity index (χ2v) is 6.01. The number of hydrogen-bond donors (Lipinski definition) is 1. The molecule has 4 rings (SSSR count). The number of nitrogens with one attached hydrogen (secondary N) is 1. The Morgan fingerprint density at radius 2 is 2.29 bits per heavy atom. The van der Waals surface area contributed by atoms with Gasteiger partial charge < -0.3 is 4.98 Å². The Morgan fingerprint density at radius 3 is 3.05 bits per heavy atom. The van der Waals surface area contributed by atoms with Crippen molar-refractivity contribution in [2.24, 2.45) is 5.92 Å². The van der Waals surface area contributed by atoms with Crippen LogP contribution in [-0.2, 0) is 13.0 Å². The van der Waals surface area contributed by atoms with Gasteiger partial charge in [-0.05, 0) is 37.3 Å². The van der Waals surface area contributed by atoms with Crippen molar-refractivity contribution < 1.29 is 0 Å². The average molecular weight is 282 g/mol. The first-order valence-corrected chi connectivity index (χ1v) is 7.54. The van der Waals surface area contributed by atoms with Crippen LogP contribution >= 0.6 is 0 Å². The number of rotatable bonds is 3. The Kier molecular flexibility index (Phi) is 3.07. The lowest BCUT2D eigenvalue weighted by atomic mass is 10.1. The molecule has 108 valence electrons. The number of aromatic nitrogens is 3. The van der Waals surface area contributed by atoms with Crippen molar-refractivity contribution in [3.05, 3.63) is 46.1 Å². The fourth-order valence-corrected chi connectivity index (χ4v) is 2.95. The summed E-state index contributed by atoms with van der Waals surface area (Å²) in [5.41, 5.74) is 2.65. The van der Waals surface area contributed by atoms with E-state index in [-0.39, 0.29) is 5.56 Å². The standard InChI is InChI=1S/C16H18N4O/c21-16-13-5-7-20(9-11-3-4-11)10-14(13)18-15(19-16)12-2-1-6-17-8-12/h1-2,6,8,11H,3-5,7,9-10H2,(H,18,19,21). The Balaban J connectivity index is 1.67. The van der Waals surface area contributed by atoms with Crippen LogP contribution in [0.15, 0.2) is 29.3 Å². The van der Waals surface area contributed by atoms with Crippen LogP contribution < -0.4 is 5.56 Å².